The zero-order valence-corrected chi connectivity index (χ0v) is 11.7. The molecule has 0 atom stereocenters. The van der Waals surface area contributed by atoms with Crippen LogP contribution in [0.15, 0.2) is 0 Å². The summed E-state index contributed by atoms with van der Waals surface area (Å²) in [5.41, 5.74) is -0.664. The highest BCUT2D eigenvalue weighted by Gasteiger charge is 2.37. The molecule has 5 nitrogen and oxygen atoms in total. The maximum absolute atomic E-state index is 11.9. The largest absolute Gasteiger partial charge is 0.481 e. The minimum Gasteiger partial charge on any atom is -0.481 e. The number of carbonyl (C=O) groups is 2. The average Bonchev–Trinajstić information content (AvgIpc) is 2.33. The van der Waals surface area contributed by atoms with Crippen LogP contribution in [-0.2, 0) is 4.79 Å². The number of likely N-dealkylation sites (tertiary alicyclic amines) is 1. The molecule has 1 aliphatic heterocycles. The molecule has 2 fully saturated rings. The molecule has 0 spiro atoms. The fraction of sp³-hybridized carbons (Fsp3) is 0.857. The van der Waals surface area contributed by atoms with E-state index in [-0.39, 0.29) is 6.03 Å². The van der Waals surface area contributed by atoms with E-state index in [1.54, 1.807) is 11.8 Å². The van der Waals surface area contributed by atoms with E-state index in [0.717, 1.165) is 18.9 Å². The van der Waals surface area contributed by atoms with Crippen LogP contribution in [0.5, 0.6) is 0 Å². The summed E-state index contributed by atoms with van der Waals surface area (Å²) >= 11 is 0. The van der Waals surface area contributed by atoms with Crippen LogP contribution in [-0.4, -0.2) is 41.6 Å². The first-order valence-corrected chi connectivity index (χ1v) is 7.27. The van der Waals surface area contributed by atoms with Crippen LogP contribution in [0.1, 0.15) is 45.4 Å². The van der Waals surface area contributed by atoms with Gasteiger partial charge in [-0.05, 0) is 32.1 Å². The highest BCUT2D eigenvalue weighted by atomic mass is 16.4. The van der Waals surface area contributed by atoms with E-state index < -0.39 is 11.4 Å². The van der Waals surface area contributed by atoms with Gasteiger partial charge in [0.1, 0.15) is 0 Å². The fourth-order valence-corrected chi connectivity index (χ4v) is 2.69. The molecule has 0 aromatic rings. The third-order valence-corrected chi connectivity index (χ3v) is 4.72. The first-order chi connectivity index (χ1) is 9.01. The maximum atomic E-state index is 11.9. The molecule has 5 heteroatoms. The molecule has 0 unspecified atom stereocenters. The Morgan fingerprint density at radius 3 is 2.42 bits per heavy atom. The molecule has 1 saturated heterocycles. The first-order valence-electron chi connectivity index (χ1n) is 7.27. The summed E-state index contributed by atoms with van der Waals surface area (Å²) in [4.78, 5) is 24.8. The average molecular weight is 268 g/mol. The molecular weight excluding hydrogens is 244 g/mol. The summed E-state index contributed by atoms with van der Waals surface area (Å²) in [6, 6.07) is -0.0354. The van der Waals surface area contributed by atoms with Crippen LogP contribution in [0, 0.1) is 11.3 Å². The Bertz CT molecular complexity index is 345. The van der Waals surface area contributed by atoms with Crippen molar-refractivity contribution in [1.29, 1.82) is 0 Å². The Kier molecular flexibility index (Phi) is 4.32. The zero-order chi connectivity index (χ0) is 13.9. The van der Waals surface area contributed by atoms with Crippen molar-refractivity contribution in [1.82, 2.24) is 10.2 Å². The molecule has 2 aliphatic rings. The third kappa shape index (κ3) is 3.39. The SMILES string of the molecule is CC1(C(=O)O)CCN(C(=O)NCCC2CCC2)CC1. The second kappa shape index (κ2) is 5.80. The number of piperidine rings is 1. The van der Waals surface area contributed by atoms with E-state index in [4.69, 9.17) is 5.11 Å². The van der Waals surface area contributed by atoms with Crippen molar-refractivity contribution in [2.75, 3.05) is 19.6 Å². The number of amides is 2. The van der Waals surface area contributed by atoms with Crippen molar-refractivity contribution in [3.05, 3.63) is 0 Å². The number of nitrogens with zero attached hydrogens (tertiary/aromatic N) is 1. The van der Waals surface area contributed by atoms with E-state index >= 15 is 0 Å². The summed E-state index contributed by atoms with van der Waals surface area (Å²) in [6.07, 6.45) is 6.09. The Labute approximate surface area is 114 Å². The minimum atomic E-state index is -0.752. The Hall–Kier alpha value is -1.26. The van der Waals surface area contributed by atoms with Gasteiger partial charge in [0.05, 0.1) is 5.41 Å². The molecule has 0 bridgehead atoms. The second-order valence-corrected chi connectivity index (χ2v) is 6.17. The number of carbonyl (C=O) groups excluding carboxylic acids is 1. The van der Waals surface area contributed by atoms with Gasteiger partial charge in [0.25, 0.3) is 0 Å². The molecule has 1 heterocycles. The van der Waals surface area contributed by atoms with Gasteiger partial charge in [0.2, 0.25) is 0 Å². The molecule has 2 N–H and O–H groups in total. The van der Waals surface area contributed by atoms with Crippen LogP contribution in [0.3, 0.4) is 0 Å². The molecule has 0 radical (unpaired) electrons. The Morgan fingerprint density at radius 2 is 1.95 bits per heavy atom. The van der Waals surface area contributed by atoms with Crippen molar-refractivity contribution in [3.8, 4) is 0 Å². The molecule has 19 heavy (non-hydrogen) atoms. The lowest BCUT2D eigenvalue weighted by Crippen LogP contribution is -2.49. The molecule has 108 valence electrons. The summed E-state index contributed by atoms with van der Waals surface area (Å²) in [6.45, 7) is 3.59. The highest BCUT2D eigenvalue weighted by molar-refractivity contribution is 5.76. The number of rotatable bonds is 4. The number of hydrogen-bond donors (Lipinski definition) is 2. The Morgan fingerprint density at radius 1 is 1.32 bits per heavy atom. The second-order valence-electron chi connectivity index (χ2n) is 6.17. The van der Waals surface area contributed by atoms with Crippen molar-refractivity contribution < 1.29 is 14.7 Å². The monoisotopic (exact) mass is 268 g/mol. The minimum absolute atomic E-state index is 0.0354. The van der Waals surface area contributed by atoms with Gasteiger partial charge < -0.3 is 15.3 Å². The molecule has 0 aromatic carbocycles. The van der Waals surface area contributed by atoms with Crippen LogP contribution in [0.2, 0.25) is 0 Å². The lowest BCUT2D eigenvalue weighted by Gasteiger charge is -2.36. The lowest BCUT2D eigenvalue weighted by atomic mass is 9.80. The first kappa shape index (κ1) is 14.2. The smallest absolute Gasteiger partial charge is 0.317 e. The van der Waals surface area contributed by atoms with E-state index in [9.17, 15) is 9.59 Å². The van der Waals surface area contributed by atoms with Gasteiger partial charge in [-0.1, -0.05) is 19.3 Å². The van der Waals surface area contributed by atoms with Gasteiger partial charge in [-0.25, -0.2) is 4.79 Å². The normalized spacial score (nSPS) is 22.7. The van der Waals surface area contributed by atoms with Crippen molar-refractivity contribution in [2.24, 2.45) is 11.3 Å². The van der Waals surface area contributed by atoms with Crippen molar-refractivity contribution in [2.45, 2.75) is 45.4 Å². The van der Waals surface area contributed by atoms with Gasteiger partial charge in [0.15, 0.2) is 0 Å². The number of carboxylic acids is 1. The number of aliphatic carboxylic acids is 1. The number of hydrogen-bond acceptors (Lipinski definition) is 2. The van der Waals surface area contributed by atoms with Gasteiger partial charge in [0, 0.05) is 19.6 Å². The van der Waals surface area contributed by atoms with Crippen LogP contribution in [0.4, 0.5) is 4.79 Å². The predicted molar refractivity (Wildman–Crippen MR) is 71.9 cm³/mol. The third-order valence-electron chi connectivity index (χ3n) is 4.72. The van der Waals surface area contributed by atoms with E-state index in [0.29, 0.717) is 25.9 Å². The van der Waals surface area contributed by atoms with Crippen LogP contribution in [0.25, 0.3) is 0 Å². The van der Waals surface area contributed by atoms with Gasteiger partial charge in [-0.15, -0.1) is 0 Å². The van der Waals surface area contributed by atoms with Crippen molar-refractivity contribution in [3.63, 3.8) is 0 Å². The maximum Gasteiger partial charge on any atom is 0.317 e. The molecule has 2 rings (SSSR count). The molecule has 2 amide bonds. The predicted octanol–water partition coefficient (Wildman–Crippen LogP) is 2.07. The molecular formula is C14H24N2O3. The number of nitrogens with one attached hydrogen (secondary N) is 1. The topological polar surface area (TPSA) is 69.6 Å². The van der Waals surface area contributed by atoms with Crippen molar-refractivity contribution >= 4 is 12.0 Å². The standard InChI is InChI=1S/C14H24N2O3/c1-14(12(17)18)6-9-16(10-7-14)13(19)15-8-5-11-3-2-4-11/h11H,2-10H2,1H3,(H,15,19)(H,17,18). The van der Waals surface area contributed by atoms with E-state index in [1.165, 1.54) is 19.3 Å². The zero-order valence-electron chi connectivity index (χ0n) is 11.7. The molecule has 1 saturated carbocycles. The molecule has 1 aliphatic carbocycles. The number of urea groups is 1. The summed E-state index contributed by atoms with van der Waals surface area (Å²) in [7, 11) is 0. The lowest BCUT2D eigenvalue weighted by molar-refractivity contribution is -0.150. The van der Waals surface area contributed by atoms with E-state index in [1.807, 2.05) is 0 Å². The van der Waals surface area contributed by atoms with Crippen LogP contribution >= 0.6 is 0 Å². The van der Waals surface area contributed by atoms with E-state index in [2.05, 4.69) is 5.32 Å². The fourth-order valence-electron chi connectivity index (χ4n) is 2.69. The van der Waals surface area contributed by atoms with Gasteiger partial charge in [-0.2, -0.15) is 0 Å². The summed E-state index contributed by atoms with van der Waals surface area (Å²) in [5.74, 6) is 0.0505. The van der Waals surface area contributed by atoms with Gasteiger partial charge in [-0.3, -0.25) is 4.79 Å². The quantitative estimate of drug-likeness (QED) is 0.820. The number of carboxylic acid groups (broad SMARTS) is 1. The van der Waals surface area contributed by atoms with Crippen LogP contribution < -0.4 is 5.32 Å². The molecule has 0 aromatic heterocycles. The highest BCUT2D eigenvalue weighted by Crippen LogP contribution is 2.31. The summed E-state index contributed by atoms with van der Waals surface area (Å²) < 4.78 is 0. The Balaban J connectivity index is 1.68. The summed E-state index contributed by atoms with van der Waals surface area (Å²) in [5, 5.41) is 12.1. The van der Waals surface area contributed by atoms with Gasteiger partial charge >= 0.3 is 12.0 Å².